The minimum absolute atomic E-state index is 0. The van der Waals surface area contributed by atoms with Crippen LogP contribution >= 0.6 is 24.0 Å². The molecule has 3 N–H and O–H groups in total. The number of guanidine groups is 1. The fraction of sp³-hybridized carbons (Fsp3) is 0.611. The molecule has 0 aromatic heterocycles. The van der Waals surface area contributed by atoms with Gasteiger partial charge in [-0.25, -0.2) is 4.99 Å². The zero-order valence-electron chi connectivity index (χ0n) is 14.5. The number of halogens is 1. The second kappa shape index (κ2) is 10.0. The molecule has 0 bridgehead atoms. The van der Waals surface area contributed by atoms with E-state index in [-0.39, 0.29) is 24.0 Å². The van der Waals surface area contributed by atoms with E-state index in [4.69, 9.17) is 0 Å². The Morgan fingerprint density at radius 1 is 1.26 bits per heavy atom. The summed E-state index contributed by atoms with van der Waals surface area (Å²) in [6.45, 7) is 7.73. The SMILES string of the molecule is CCNC(=NCc1c(O)ccc2c1CCCC2)NC(C)CC.I. The van der Waals surface area contributed by atoms with Crippen LogP contribution in [0.4, 0.5) is 0 Å². The van der Waals surface area contributed by atoms with E-state index in [1.807, 2.05) is 6.07 Å². The van der Waals surface area contributed by atoms with E-state index in [2.05, 4.69) is 42.5 Å². The van der Waals surface area contributed by atoms with Gasteiger partial charge in [0.1, 0.15) is 5.75 Å². The number of phenolic OH excluding ortho intramolecular Hbond substituents is 1. The van der Waals surface area contributed by atoms with Gasteiger partial charge in [-0.2, -0.15) is 0 Å². The number of nitrogens with zero attached hydrogens (tertiary/aromatic N) is 1. The predicted octanol–water partition coefficient (Wildman–Crippen LogP) is 3.74. The molecule has 0 saturated carbocycles. The molecule has 2 rings (SSSR count). The lowest BCUT2D eigenvalue weighted by molar-refractivity contribution is 0.465. The first-order valence-electron chi connectivity index (χ1n) is 8.53. The quantitative estimate of drug-likeness (QED) is 0.378. The lowest BCUT2D eigenvalue weighted by Gasteiger charge is -2.20. The molecule has 5 heteroatoms. The summed E-state index contributed by atoms with van der Waals surface area (Å²) in [4.78, 5) is 4.68. The number of nitrogens with one attached hydrogen (secondary N) is 2. The van der Waals surface area contributed by atoms with Gasteiger partial charge in [0.15, 0.2) is 5.96 Å². The van der Waals surface area contributed by atoms with Crippen LogP contribution in [0, 0.1) is 0 Å². The lowest BCUT2D eigenvalue weighted by Crippen LogP contribution is -2.41. The van der Waals surface area contributed by atoms with Crippen LogP contribution < -0.4 is 10.6 Å². The number of hydrogen-bond acceptors (Lipinski definition) is 2. The second-order valence-corrected chi connectivity index (χ2v) is 6.06. The Morgan fingerprint density at radius 2 is 2.00 bits per heavy atom. The standard InChI is InChI=1S/C18H29N3O.HI/c1-4-13(3)21-18(19-5-2)20-12-16-15-9-7-6-8-14(15)10-11-17(16)22;/h10-11,13,22H,4-9,12H2,1-3H3,(H2,19,20,21);1H. The van der Waals surface area contributed by atoms with E-state index in [0.29, 0.717) is 18.3 Å². The van der Waals surface area contributed by atoms with Gasteiger partial charge in [-0.1, -0.05) is 13.0 Å². The van der Waals surface area contributed by atoms with E-state index in [0.717, 1.165) is 37.3 Å². The molecule has 0 heterocycles. The molecule has 1 aliphatic carbocycles. The lowest BCUT2D eigenvalue weighted by atomic mass is 9.88. The molecule has 130 valence electrons. The van der Waals surface area contributed by atoms with Gasteiger partial charge in [-0.15, -0.1) is 24.0 Å². The average molecular weight is 431 g/mol. The zero-order chi connectivity index (χ0) is 15.9. The average Bonchev–Trinajstić information content (AvgIpc) is 2.53. The molecule has 1 aliphatic rings. The third-order valence-electron chi connectivity index (χ3n) is 4.36. The van der Waals surface area contributed by atoms with Crippen molar-refractivity contribution in [2.45, 2.75) is 65.5 Å². The monoisotopic (exact) mass is 431 g/mol. The summed E-state index contributed by atoms with van der Waals surface area (Å²) in [6, 6.07) is 4.28. The molecular weight excluding hydrogens is 401 g/mol. The third-order valence-corrected chi connectivity index (χ3v) is 4.36. The van der Waals surface area contributed by atoms with Gasteiger partial charge in [-0.3, -0.25) is 0 Å². The van der Waals surface area contributed by atoms with Crippen molar-refractivity contribution in [3.05, 3.63) is 28.8 Å². The Bertz CT molecular complexity index is 531. The highest BCUT2D eigenvalue weighted by molar-refractivity contribution is 14.0. The van der Waals surface area contributed by atoms with Crippen LogP contribution in [0.5, 0.6) is 5.75 Å². The van der Waals surface area contributed by atoms with Crippen molar-refractivity contribution in [1.29, 1.82) is 0 Å². The Balaban J connectivity index is 0.00000264. The number of phenols is 1. The van der Waals surface area contributed by atoms with Crippen molar-refractivity contribution in [1.82, 2.24) is 10.6 Å². The highest BCUT2D eigenvalue weighted by atomic mass is 127. The van der Waals surface area contributed by atoms with Crippen LogP contribution in [-0.4, -0.2) is 23.7 Å². The molecule has 0 spiro atoms. The first kappa shape index (κ1) is 20.1. The fourth-order valence-electron chi connectivity index (χ4n) is 2.88. The van der Waals surface area contributed by atoms with Gasteiger partial charge in [0, 0.05) is 18.2 Å². The number of hydrogen-bond donors (Lipinski definition) is 3. The van der Waals surface area contributed by atoms with Crippen molar-refractivity contribution in [2.24, 2.45) is 4.99 Å². The van der Waals surface area contributed by atoms with Gasteiger partial charge < -0.3 is 15.7 Å². The maximum Gasteiger partial charge on any atom is 0.191 e. The fourth-order valence-corrected chi connectivity index (χ4v) is 2.88. The van der Waals surface area contributed by atoms with Crippen LogP contribution in [0.25, 0.3) is 0 Å². The Hall–Kier alpha value is -0.980. The van der Waals surface area contributed by atoms with E-state index >= 15 is 0 Å². The topological polar surface area (TPSA) is 56.7 Å². The number of rotatable bonds is 5. The summed E-state index contributed by atoms with van der Waals surface area (Å²) >= 11 is 0. The van der Waals surface area contributed by atoms with Crippen LogP contribution in [0.15, 0.2) is 17.1 Å². The Morgan fingerprint density at radius 3 is 2.70 bits per heavy atom. The summed E-state index contributed by atoms with van der Waals surface area (Å²) in [6.07, 6.45) is 5.69. The number of aromatic hydroxyl groups is 1. The predicted molar refractivity (Wildman–Crippen MR) is 108 cm³/mol. The highest BCUT2D eigenvalue weighted by Crippen LogP contribution is 2.30. The third kappa shape index (κ3) is 5.55. The molecule has 1 atom stereocenters. The Labute approximate surface area is 157 Å². The molecule has 4 nitrogen and oxygen atoms in total. The van der Waals surface area contributed by atoms with Gasteiger partial charge in [0.2, 0.25) is 0 Å². The largest absolute Gasteiger partial charge is 0.508 e. The van der Waals surface area contributed by atoms with Gasteiger partial charge in [0.25, 0.3) is 0 Å². The highest BCUT2D eigenvalue weighted by Gasteiger charge is 2.16. The van der Waals surface area contributed by atoms with Gasteiger partial charge >= 0.3 is 0 Å². The number of fused-ring (bicyclic) bond motifs is 1. The summed E-state index contributed by atoms with van der Waals surface area (Å²) < 4.78 is 0. The molecule has 0 aliphatic heterocycles. The molecule has 1 unspecified atom stereocenters. The summed E-state index contributed by atoms with van der Waals surface area (Å²) in [5.74, 6) is 1.20. The number of benzene rings is 1. The van der Waals surface area contributed by atoms with Crippen LogP contribution in [0.2, 0.25) is 0 Å². The van der Waals surface area contributed by atoms with Crippen LogP contribution in [0.3, 0.4) is 0 Å². The van der Waals surface area contributed by atoms with Crippen molar-refractivity contribution >= 4 is 29.9 Å². The first-order chi connectivity index (χ1) is 10.7. The molecule has 1 aromatic rings. The zero-order valence-corrected chi connectivity index (χ0v) is 16.8. The van der Waals surface area contributed by atoms with Crippen LogP contribution in [-0.2, 0) is 19.4 Å². The molecular formula is C18H30IN3O. The maximum absolute atomic E-state index is 10.2. The summed E-state index contributed by atoms with van der Waals surface area (Å²) in [5.41, 5.74) is 3.70. The molecule has 0 amide bonds. The molecule has 0 saturated heterocycles. The van der Waals surface area contributed by atoms with Crippen LogP contribution in [0.1, 0.15) is 56.7 Å². The van der Waals surface area contributed by atoms with Crippen molar-refractivity contribution < 1.29 is 5.11 Å². The second-order valence-electron chi connectivity index (χ2n) is 6.06. The maximum atomic E-state index is 10.2. The van der Waals surface area contributed by atoms with E-state index in [1.54, 1.807) is 0 Å². The van der Waals surface area contributed by atoms with Gasteiger partial charge in [0.05, 0.1) is 6.54 Å². The normalized spacial score (nSPS) is 15.3. The number of aliphatic imine (C=N–C) groups is 1. The van der Waals surface area contributed by atoms with Crippen molar-refractivity contribution in [2.75, 3.05) is 6.54 Å². The summed E-state index contributed by atoms with van der Waals surface area (Å²) in [5, 5.41) is 16.9. The van der Waals surface area contributed by atoms with Crippen molar-refractivity contribution in [3.8, 4) is 5.75 Å². The van der Waals surface area contributed by atoms with E-state index in [1.165, 1.54) is 24.0 Å². The van der Waals surface area contributed by atoms with Crippen molar-refractivity contribution in [3.63, 3.8) is 0 Å². The molecule has 0 radical (unpaired) electrons. The minimum atomic E-state index is 0. The molecule has 1 aromatic carbocycles. The Kier molecular flexibility index (Phi) is 8.73. The number of aryl methyl sites for hydroxylation is 1. The van der Waals surface area contributed by atoms with E-state index in [9.17, 15) is 5.11 Å². The summed E-state index contributed by atoms with van der Waals surface area (Å²) in [7, 11) is 0. The molecule has 0 fully saturated rings. The van der Waals surface area contributed by atoms with Gasteiger partial charge in [-0.05, 0) is 63.1 Å². The first-order valence-corrected chi connectivity index (χ1v) is 8.53. The van der Waals surface area contributed by atoms with E-state index < -0.39 is 0 Å². The molecule has 23 heavy (non-hydrogen) atoms. The smallest absolute Gasteiger partial charge is 0.191 e. The minimum Gasteiger partial charge on any atom is -0.508 e.